The number of piperidine rings is 1. The molecule has 1 saturated heterocycles. The zero-order valence-electron chi connectivity index (χ0n) is 20.8. The molecule has 1 unspecified atom stereocenters. The zero-order valence-corrected chi connectivity index (χ0v) is 20.8. The third-order valence-corrected chi connectivity index (χ3v) is 6.28. The number of anilines is 1. The second-order valence-electron chi connectivity index (χ2n) is 10.1. The number of carbonyl (C=O) groups is 1. The molecule has 0 saturated carbocycles. The van der Waals surface area contributed by atoms with Gasteiger partial charge in [0, 0.05) is 19.2 Å². The third-order valence-electron chi connectivity index (χ3n) is 6.28. The Morgan fingerprint density at radius 2 is 1.71 bits per heavy atom. The van der Waals surface area contributed by atoms with E-state index in [2.05, 4.69) is 37.8 Å². The fourth-order valence-electron chi connectivity index (χ4n) is 4.27. The van der Waals surface area contributed by atoms with E-state index in [4.69, 9.17) is 13.6 Å². The molecule has 1 amide bonds. The predicted molar refractivity (Wildman–Crippen MR) is 133 cm³/mol. The summed E-state index contributed by atoms with van der Waals surface area (Å²) in [5, 5.41) is 0. The Morgan fingerprint density at radius 1 is 1.00 bits per heavy atom. The highest BCUT2D eigenvalue weighted by molar-refractivity contribution is 5.80. The number of amides is 1. The van der Waals surface area contributed by atoms with Gasteiger partial charge in [0.2, 0.25) is 0 Å². The molecule has 1 atom stereocenters. The van der Waals surface area contributed by atoms with Crippen molar-refractivity contribution >= 4 is 11.8 Å². The van der Waals surface area contributed by atoms with Crippen molar-refractivity contribution in [2.45, 2.75) is 71.6 Å². The molecule has 3 heterocycles. The summed E-state index contributed by atoms with van der Waals surface area (Å²) >= 11 is 0. The van der Waals surface area contributed by atoms with E-state index in [9.17, 15) is 4.79 Å². The van der Waals surface area contributed by atoms with Gasteiger partial charge in [-0.25, -0.2) is 0 Å². The van der Waals surface area contributed by atoms with Crippen LogP contribution in [0.4, 0.5) is 5.88 Å². The van der Waals surface area contributed by atoms with Crippen molar-refractivity contribution in [2.75, 3.05) is 18.0 Å². The van der Waals surface area contributed by atoms with Crippen molar-refractivity contribution in [3.05, 3.63) is 71.9 Å². The van der Waals surface area contributed by atoms with Gasteiger partial charge >= 0.3 is 0 Å². The molecule has 1 aliphatic rings. The summed E-state index contributed by atoms with van der Waals surface area (Å²) in [6.07, 6.45) is 4.62. The molecule has 0 aliphatic carbocycles. The van der Waals surface area contributed by atoms with Gasteiger partial charge in [-0.1, -0.05) is 32.9 Å². The highest BCUT2D eigenvalue weighted by Crippen LogP contribution is 2.26. The van der Waals surface area contributed by atoms with E-state index in [0.717, 1.165) is 30.5 Å². The van der Waals surface area contributed by atoms with E-state index in [1.54, 1.807) is 18.1 Å². The number of hydrogen-bond donors (Lipinski definition) is 0. The van der Waals surface area contributed by atoms with Crippen LogP contribution in [-0.4, -0.2) is 30.0 Å². The summed E-state index contributed by atoms with van der Waals surface area (Å²) < 4.78 is 17.7. The Balaban J connectivity index is 1.45. The number of rotatable bonds is 8. The molecule has 182 valence electrons. The first-order chi connectivity index (χ1) is 16.3. The molecule has 1 aromatic carbocycles. The Hall–Kier alpha value is -3.15. The molecule has 0 N–H and O–H groups in total. The quantitative estimate of drug-likeness (QED) is 0.400. The van der Waals surface area contributed by atoms with Gasteiger partial charge in [-0.05, 0) is 67.5 Å². The van der Waals surface area contributed by atoms with Crippen LogP contribution in [0, 0.1) is 0 Å². The summed E-state index contributed by atoms with van der Waals surface area (Å²) in [5.41, 5.74) is 1.29. The van der Waals surface area contributed by atoms with E-state index in [1.807, 2.05) is 36.4 Å². The summed E-state index contributed by atoms with van der Waals surface area (Å²) in [6.45, 7) is 11.0. The topological polar surface area (TPSA) is 59.1 Å². The van der Waals surface area contributed by atoms with Crippen LogP contribution in [0.1, 0.15) is 64.0 Å². The highest BCUT2D eigenvalue weighted by Gasteiger charge is 2.25. The van der Waals surface area contributed by atoms with Gasteiger partial charge in [-0.15, -0.1) is 0 Å². The molecule has 4 rings (SSSR count). The van der Waals surface area contributed by atoms with Crippen LogP contribution >= 0.6 is 0 Å². The summed E-state index contributed by atoms with van der Waals surface area (Å²) in [7, 11) is 0. The first kappa shape index (κ1) is 24.0. The smallest absolute Gasteiger partial charge is 0.264 e. The van der Waals surface area contributed by atoms with Crippen molar-refractivity contribution in [1.82, 2.24) is 4.90 Å². The fraction of sp³-hybridized carbons (Fsp3) is 0.464. The molecule has 6 nitrogen and oxygen atoms in total. The molecule has 2 aromatic heterocycles. The standard InChI is InChI=1S/C28H36N2O4/c1-21(33-23-12-10-22(11-13-23)28(2,3)4)27(31)30(19-24-9-8-18-32-24)20-25-14-15-26(34-25)29-16-6-5-7-17-29/h8-15,18,21H,5-7,16-17,19-20H2,1-4H3. The first-order valence-corrected chi connectivity index (χ1v) is 12.2. The minimum Gasteiger partial charge on any atom is -0.481 e. The largest absolute Gasteiger partial charge is 0.481 e. The van der Waals surface area contributed by atoms with E-state index >= 15 is 0 Å². The van der Waals surface area contributed by atoms with Gasteiger partial charge in [0.1, 0.15) is 17.3 Å². The number of furan rings is 2. The lowest BCUT2D eigenvalue weighted by Gasteiger charge is -2.26. The Bertz CT molecular complexity index is 1040. The van der Waals surface area contributed by atoms with Crippen molar-refractivity contribution < 1.29 is 18.4 Å². The lowest BCUT2D eigenvalue weighted by atomic mass is 9.87. The van der Waals surface area contributed by atoms with Gasteiger partial charge in [0.15, 0.2) is 12.0 Å². The zero-order chi connectivity index (χ0) is 24.1. The minimum absolute atomic E-state index is 0.0654. The highest BCUT2D eigenvalue weighted by atomic mass is 16.5. The number of nitrogens with zero attached hydrogens (tertiary/aromatic N) is 2. The molecule has 0 spiro atoms. The van der Waals surface area contributed by atoms with Gasteiger partial charge in [-0.2, -0.15) is 0 Å². The first-order valence-electron chi connectivity index (χ1n) is 12.2. The second-order valence-corrected chi connectivity index (χ2v) is 10.1. The molecule has 0 bridgehead atoms. The molecule has 1 fully saturated rings. The van der Waals surface area contributed by atoms with Crippen LogP contribution in [0.5, 0.6) is 5.75 Å². The maximum atomic E-state index is 13.4. The molecule has 0 radical (unpaired) electrons. The summed E-state index contributed by atoms with van der Waals surface area (Å²) in [5.74, 6) is 2.91. The van der Waals surface area contributed by atoms with Crippen molar-refractivity contribution in [2.24, 2.45) is 0 Å². The maximum absolute atomic E-state index is 13.4. The van der Waals surface area contributed by atoms with Gasteiger partial charge in [-0.3, -0.25) is 4.79 Å². The van der Waals surface area contributed by atoms with Gasteiger partial charge in [0.05, 0.1) is 19.4 Å². The average molecular weight is 465 g/mol. The van der Waals surface area contributed by atoms with E-state index in [1.165, 1.54) is 24.8 Å². The number of carbonyl (C=O) groups excluding carboxylic acids is 1. The normalized spacial score (nSPS) is 15.2. The van der Waals surface area contributed by atoms with Crippen molar-refractivity contribution in [1.29, 1.82) is 0 Å². The molecule has 1 aliphatic heterocycles. The van der Waals surface area contributed by atoms with E-state index < -0.39 is 6.10 Å². The van der Waals surface area contributed by atoms with E-state index in [-0.39, 0.29) is 11.3 Å². The van der Waals surface area contributed by atoms with Crippen molar-refractivity contribution in [3.8, 4) is 5.75 Å². The van der Waals surface area contributed by atoms with Crippen LogP contribution in [0.3, 0.4) is 0 Å². The van der Waals surface area contributed by atoms with Gasteiger partial charge < -0.3 is 23.4 Å². The monoisotopic (exact) mass is 464 g/mol. The molecule has 3 aromatic rings. The van der Waals surface area contributed by atoms with Crippen LogP contribution in [0.25, 0.3) is 0 Å². The number of benzene rings is 1. The molecular weight excluding hydrogens is 428 g/mol. The minimum atomic E-state index is -0.646. The van der Waals surface area contributed by atoms with Gasteiger partial charge in [0.25, 0.3) is 5.91 Å². The Morgan fingerprint density at radius 3 is 2.35 bits per heavy atom. The van der Waals surface area contributed by atoms with Crippen LogP contribution in [0.2, 0.25) is 0 Å². The lowest BCUT2D eigenvalue weighted by Crippen LogP contribution is -2.39. The summed E-state index contributed by atoms with van der Waals surface area (Å²) in [6, 6.07) is 15.6. The van der Waals surface area contributed by atoms with Crippen LogP contribution < -0.4 is 9.64 Å². The Kier molecular flexibility index (Phi) is 7.35. The molecule has 34 heavy (non-hydrogen) atoms. The van der Waals surface area contributed by atoms with Crippen molar-refractivity contribution in [3.63, 3.8) is 0 Å². The van der Waals surface area contributed by atoms with E-state index in [0.29, 0.717) is 18.8 Å². The number of hydrogen-bond acceptors (Lipinski definition) is 5. The Labute approximate surface area is 202 Å². The van der Waals surface area contributed by atoms with Crippen LogP contribution in [0.15, 0.2) is 63.6 Å². The second kappa shape index (κ2) is 10.4. The van der Waals surface area contributed by atoms with Crippen LogP contribution in [-0.2, 0) is 23.3 Å². The molecule has 6 heteroatoms. The fourth-order valence-corrected chi connectivity index (χ4v) is 4.27. The predicted octanol–water partition coefficient (Wildman–Crippen LogP) is 6.16. The average Bonchev–Trinajstić information content (AvgIpc) is 3.51. The lowest BCUT2D eigenvalue weighted by molar-refractivity contribution is -0.139. The third kappa shape index (κ3) is 6.04. The molecular formula is C28H36N2O4. The number of ether oxygens (including phenoxy) is 1. The summed E-state index contributed by atoms with van der Waals surface area (Å²) in [4.78, 5) is 17.4. The maximum Gasteiger partial charge on any atom is 0.264 e. The SMILES string of the molecule is CC(Oc1ccc(C(C)(C)C)cc1)C(=O)N(Cc1ccco1)Cc1ccc(N2CCCCC2)o1.